The molecule has 0 saturated carbocycles. The molecule has 0 radical (unpaired) electrons. The minimum absolute atomic E-state index is 0.000531. The Bertz CT molecular complexity index is 440. The zero-order valence-electron chi connectivity index (χ0n) is 11.6. The van der Waals surface area contributed by atoms with Crippen molar-refractivity contribution in [2.45, 2.75) is 44.7 Å². The first-order valence-electron chi connectivity index (χ1n) is 6.86. The summed E-state index contributed by atoms with van der Waals surface area (Å²) in [6.07, 6.45) is 3.33. The van der Waals surface area contributed by atoms with E-state index in [-0.39, 0.29) is 11.6 Å². The third-order valence-corrected chi connectivity index (χ3v) is 4.87. The van der Waals surface area contributed by atoms with Crippen molar-refractivity contribution in [3.05, 3.63) is 33.8 Å². The molecule has 1 aliphatic heterocycles. The summed E-state index contributed by atoms with van der Waals surface area (Å²) < 4.78 is 0. The van der Waals surface area contributed by atoms with Crippen molar-refractivity contribution in [1.29, 1.82) is 0 Å². The summed E-state index contributed by atoms with van der Waals surface area (Å²) in [7, 11) is 0. The molecule has 106 valence electrons. The number of benzene rings is 1. The average Bonchev–Trinajstić information content (AvgIpc) is 2.86. The van der Waals surface area contributed by atoms with Gasteiger partial charge in [-0.2, -0.15) is 0 Å². The minimum Gasteiger partial charge on any atom is -0.326 e. The predicted octanol–water partition coefficient (Wildman–Crippen LogP) is 3.74. The highest BCUT2D eigenvalue weighted by Gasteiger charge is 2.34. The Kier molecular flexibility index (Phi) is 4.78. The zero-order valence-corrected chi connectivity index (χ0v) is 13.1. The topological polar surface area (TPSA) is 29.3 Å². The van der Waals surface area contributed by atoms with Crippen molar-refractivity contribution < 1.29 is 0 Å². The second-order valence-electron chi connectivity index (χ2n) is 5.89. The maximum atomic E-state index is 6.44. The third-order valence-electron chi connectivity index (χ3n) is 4.28. The molecule has 1 aromatic rings. The van der Waals surface area contributed by atoms with Crippen LogP contribution in [0.25, 0.3) is 0 Å². The van der Waals surface area contributed by atoms with E-state index in [1.54, 1.807) is 6.07 Å². The van der Waals surface area contributed by atoms with Crippen LogP contribution in [-0.4, -0.2) is 29.6 Å². The van der Waals surface area contributed by atoms with Gasteiger partial charge in [-0.3, -0.25) is 4.90 Å². The third kappa shape index (κ3) is 3.43. The molecule has 1 fully saturated rings. The van der Waals surface area contributed by atoms with Crippen LogP contribution >= 0.6 is 23.2 Å². The fourth-order valence-electron chi connectivity index (χ4n) is 2.70. The van der Waals surface area contributed by atoms with E-state index in [1.807, 2.05) is 12.1 Å². The van der Waals surface area contributed by atoms with Gasteiger partial charge in [-0.1, -0.05) is 29.3 Å². The van der Waals surface area contributed by atoms with Gasteiger partial charge in [0.25, 0.3) is 0 Å². The summed E-state index contributed by atoms with van der Waals surface area (Å²) in [6.45, 7) is 6.75. The molecule has 1 saturated heterocycles. The van der Waals surface area contributed by atoms with Gasteiger partial charge in [-0.25, -0.2) is 0 Å². The maximum absolute atomic E-state index is 6.44. The van der Waals surface area contributed by atoms with E-state index in [0.717, 1.165) is 25.1 Å². The number of hydrogen-bond acceptors (Lipinski definition) is 2. The molecule has 1 atom stereocenters. The quantitative estimate of drug-likeness (QED) is 0.918. The largest absolute Gasteiger partial charge is 0.326 e. The van der Waals surface area contributed by atoms with Crippen LogP contribution in [-0.2, 0) is 6.42 Å². The highest BCUT2D eigenvalue weighted by atomic mass is 35.5. The molecule has 0 aliphatic carbocycles. The smallest absolute Gasteiger partial charge is 0.0453 e. The van der Waals surface area contributed by atoms with E-state index < -0.39 is 0 Å². The van der Waals surface area contributed by atoms with Crippen molar-refractivity contribution >= 4 is 23.2 Å². The lowest BCUT2D eigenvalue weighted by molar-refractivity contribution is 0.123. The highest BCUT2D eigenvalue weighted by molar-refractivity contribution is 6.35. The van der Waals surface area contributed by atoms with E-state index in [2.05, 4.69) is 18.7 Å². The lowest BCUT2D eigenvalue weighted by atomic mass is 9.88. The van der Waals surface area contributed by atoms with E-state index in [4.69, 9.17) is 28.9 Å². The molecular weight excluding hydrogens is 279 g/mol. The highest BCUT2D eigenvalue weighted by Crippen LogP contribution is 2.28. The molecule has 19 heavy (non-hydrogen) atoms. The van der Waals surface area contributed by atoms with Gasteiger partial charge in [0.05, 0.1) is 0 Å². The maximum Gasteiger partial charge on any atom is 0.0453 e. The molecule has 0 spiro atoms. The molecule has 1 heterocycles. The van der Waals surface area contributed by atoms with Gasteiger partial charge in [0.1, 0.15) is 0 Å². The van der Waals surface area contributed by atoms with Crippen molar-refractivity contribution in [3.8, 4) is 0 Å². The van der Waals surface area contributed by atoms with Gasteiger partial charge in [0.2, 0.25) is 0 Å². The van der Waals surface area contributed by atoms with Gasteiger partial charge >= 0.3 is 0 Å². The number of likely N-dealkylation sites (tertiary alicyclic amines) is 1. The summed E-state index contributed by atoms with van der Waals surface area (Å²) in [5.74, 6) is 0. The molecule has 1 aliphatic rings. The second kappa shape index (κ2) is 6.01. The number of halogens is 2. The van der Waals surface area contributed by atoms with Crippen LogP contribution < -0.4 is 5.73 Å². The molecule has 0 aromatic heterocycles. The van der Waals surface area contributed by atoms with E-state index in [1.165, 1.54) is 12.8 Å². The molecule has 2 nitrogen and oxygen atoms in total. The van der Waals surface area contributed by atoms with Crippen LogP contribution in [0.4, 0.5) is 0 Å². The fourth-order valence-corrected chi connectivity index (χ4v) is 3.19. The Hall–Kier alpha value is -0.280. The Morgan fingerprint density at radius 1 is 1.26 bits per heavy atom. The normalized spacial score (nSPS) is 18.8. The Labute approximate surface area is 125 Å². The lowest BCUT2D eigenvalue weighted by Crippen LogP contribution is -2.55. The van der Waals surface area contributed by atoms with Gasteiger partial charge in [-0.15, -0.1) is 0 Å². The fraction of sp³-hybridized carbons (Fsp3) is 0.600. The van der Waals surface area contributed by atoms with Crippen LogP contribution in [0.15, 0.2) is 18.2 Å². The van der Waals surface area contributed by atoms with Gasteiger partial charge < -0.3 is 5.73 Å². The number of nitrogens with zero attached hydrogens (tertiary/aromatic N) is 1. The van der Waals surface area contributed by atoms with Crippen LogP contribution in [0.1, 0.15) is 32.3 Å². The van der Waals surface area contributed by atoms with Gasteiger partial charge in [-0.05, 0) is 63.9 Å². The summed E-state index contributed by atoms with van der Waals surface area (Å²) in [4.78, 5) is 2.49. The first-order chi connectivity index (χ1) is 8.91. The van der Waals surface area contributed by atoms with Crippen LogP contribution in [0.3, 0.4) is 0 Å². The number of hydrogen-bond donors (Lipinski definition) is 1. The first kappa shape index (κ1) is 15.1. The summed E-state index contributed by atoms with van der Waals surface area (Å²) in [5, 5.41) is 1.38. The minimum atomic E-state index is -0.000531. The van der Waals surface area contributed by atoms with Crippen LogP contribution in [0.2, 0.25) is 10.0 Å². The van der Waals surface area contributed by atoms with Crippen LogP contribution in [0.5, 0.6) is 0 Å². The average molecular weight is 301 g/mol. The standard InChI is InChI=1S/C15H22Cl2N2/c1-15(2,19-7-3-4-8-19)14(18)9-11-5-6-12(16)10-13(11)17/h5-6,10,14H,3-4,7-9,18H2,1-2H3. The monoisotopic (exact) mass is 300 g/mol. The number of rotatable bonds is 4. The molecule has 4 heteroatoms. The predicted molar refractivity (Wildman–Crippen MR) is 83.0 cm³/mol. The number of nitrogens with two attached hydrogens (primary N) is 1. The van der Waals surface area contributed by atoms with Crippen molar-refractivity contribution in [2.75, 3.05) is 13.1 Å². The van der Waals surface area contributed by atoms with Crippen molar-refractivity contribution in [3.63, 3.8) is 0 Å². The summed E-state index contributed by atoms with van der Waals surface area (Å²) >= 11 is 12.2. The molecule has 1 aromatic carbocycles. The summed E-state index contributed by atoms with van der Waals surface area (Å²) in [6, 6.07) is 5.70. The van der Waals surface area contributed by atoms with E-state index in [0.29, 0.717) is 10.0 Å². The SMILES string of the molecule is CC(C)(C(N)Cc1ccc(Cl)cc1Cl)N1CCCC1. The first-order valence-corrected chi connectivity index (χ1v) is 7.61. The van der Waals surface area contributed by atoms with Crippen molar-refractivity contribution in [2.24, 2.45) is 5.73 Å². The molecule has 2 rings (SSSR count). The van der Waals surface area contributed by atoms with Gasteiger partial charge in [0, 0.05) is 21.6 Å². The Balaban J connectivity index is 2.09. The molecule has 1 unspecified atom stereocenters. The molecular formula is C15H22Cl2N2. The molecule has 0 amide bonds. The zero-order chi connectivity index (χ0) is 14.0. The molecule has 0 bridgehead atoms. The second-order valence-corrected chi connectivity index (χ2v) is 6.74. The van der Waals surface area contributed by atoms with Gasteiger partial charge in [0.15, 0.2) is 0 Å². The lowest BCUT2D eigenvalue weighted by Gasteiger charge is -2.40. The Morgan fingerprint density at radius 2 is 1.89 bits per heavy atom. The van der Waals surface area contributed by atoms with Crippen LogP contribution in [0, 0.1) is 0 Å². The van der Waals surface area contributed by atoms with Crippen molar-refractivity contribution in [1.82, 2.24) is 4.90 Å². The summed E-state index contributed by atoms with van der Waals surface area (Å²) in [5.41, 5.74) is 7.51. The van der Waals surface area contributed by atoms with E-state index in [9.17, 15) is 0 Å². The molecule has 2 N–H and O–H groups in total. The van der Waals surface area contributed by atoms with E-state index >= 15 is 0 Å². The Morgan fingerprint density at radius 3 is 2.47 bits per heavy atom.